The predicted octanol–water partition coefficient (Wildman–Crippen LogP) is 1.24. The van der Waals surface area contributed by atoms with E-state index < -0.39 is 0 Å². The van der Waals surface area contributed by atoms with Crippen molar-refractivity contribution in [3.8, 4) is 0 Å². The van der Waals surface area contributed by atoms with Gasteiger partial charge < -0.3 is 10.1 Å². The lowest BCUT2D eigenvalue weighted by molar-refractivity contribution is 0.0772. The van der Waals surface area contributed by atoms with Gasteiger partial charge in [-0.1, -0.05) is 12.8 Å². The first-order valence-corrected chi connectivity index (χ1v) is 6.38. The van der Waals surface area contributed by atoms with Crippen LogP contribution in [-0.4, -0.2) is 50.3 Å². The van der Waals surface area contributed by atoms with Crippen LogP contribution >= 0.6 is 0 Å². The molecular weight excluding hydrogens is 188 g/mol. The Labute approximate surface area is 93.2 Å². The Morgan fingerprint density at radius 2 is 2.20 bits per heavy atom. The van der Waals surface area contributed by atoms with E-state index in [1.807, 2.05) is 0 Å². The Morgan fingerprint density at radius 3 is 3.07 bits per heavy atom. The van der Waals surface area contributed by atoms with Crippen molar-refractivity contribution >= 4 is 0 Å². The molecule has 2 aliphatic rings. The molecule has 0 unspecified atom stereocenters. The van der Waals surface area contributed by atoms with Crippen molar-refractivity contribution in [1.29, 1.82) is 0 Å². The molecule has 0 aromatic heterocycles. The zero-order chi connectivity index (χ0) is 10.5. The van der Waals surface area contributed by atoms with Crippen molar-refractivity contribution < 1.29 is 4.74 Å². The van der Waals surface area contributed by atoms with Gasteiger partial charge in [0.2, 0.25) is 0 Å². The van der Waals surface area contributed by atoms with Crippen molar-refractivity contribution in [2.24, 2.45) is 0 Å². The number of rotatable bonds is 4. The highest BCUT2D eigenvalue weighted by Gasteiger charge is 2.32. The third-order valence-corrected chi connectivity index (χ3v) is 3.80. The van der Waals surface area contributed by atoms with E-state index in [9.17, 15) is 0 Å². The van der Waals surface area contributed by atoms with Crippen molar-refractivity contribution in [2.75, 3.05) is 33.4 Å². The van der Waals surface area contributed by atoms with Crippen LogP contribution in [0.3, 0.4) is 0 Å². The first-order chi connectivity index (χ1) is 7.42. The molecule has 0 amide bonds. The normalized spacial score (nSPS) is 32.6. The van der Waals surface area contributed by atoms with Gasteiger partial charge in [0.05, 0.1) is 0 Å². The molecule has 1 aliphatic carbocycles. The van der Waals surface area contributed by atoms with Gasteiger partial charge in [-0.05, 0) is 19.3 Å². The van der Waals surface area contributed by atoms with E-state index in [4.69, 9.17) is 4.74 Å². The molecule has 88 valence electrons. The minimum atomic E-state index is 0.773. The monoisotopic (exact) mass is 212 g/mol. The van der Waals surface area contributed by atoms with Crippen molar-refractivity contribution in [2.45, 2.75) is 44.2 Å². The Hall–Kier alpha value is -0.120. The number of hydrogen-bond donors (Lipinski definition) is 1. The molecule has 0 radical (unpaired) electrons. The van der Waals surface area contributed by atoms with Crippen LogP contribution < -0.4 is 5.32 Å². The van der Waals surface area contributed by atoms with Gasteiger partial charge in [-0.25, -0.2) is 0 Å². The molecule has 1 N–H and O–H groups in total. The third kappa shape index (κ3) is 2.92. The maximum absolute atomic E-state index is 5.13. The summed E-state index contributed by atoms with van der Waals surface area (Å²) in [6.07, 6.45) is 6.79. The molecule has 3 heteroatoms. The van der Waals surface area contributed by atoms with Gasteiger partial charge in [-0.2, -0.15) is 0 Å². The molecule has 1 saturated heterocycles. The fourth-order valence-electron chi connectivity index (χ4n) is 3.04. The first kappa shape index (κ1) is 11.4. The van der Waals surface area contributed by atoms with Crippen LogP contribution in [0.4, 0.5) is 0 Å². The molecule has 15 heavy (non-hydrogen) atoms. The molecule has 1 heterocycles. The molecule has 0 aromatic rings. The summed E-state index contributed by atoms with van der Waals surface area (Å²) >= 11 is 0. The Morgan fingerprint density at radius 1 is 1.33 bits per heavy atom. The summed E-state index contributed by atoms with van der Waals surface area (Å²) in [5, 5.41) is 3.67. The van der Waals surface area contributed by atoms with Crippen LogP contribution in [0.5, 0.6) is 0 Å². The Kier molecular flexibility index (Phi) is 4.42. The molecule has 2 fully saturated rings. The SMILES string of the molecule is COCCCN1CCN[C@H]2CCCC[C@@H]21. The zero-order valence-electron chi connectivity index (χ0n) is 9.87. The Balaban J connectivity index is 1.81. The number of nitrogens with one attached hydrogen (secondary N) is 1. The summed E-state index contributed by atoms with van der Waals surface area (Å²) in [6, 6.07) is 1.58. The largest absolute Gasteiger partial charge is 0.385 e. The first-order valence-electron chi connectivity index (χ1n) is 6.38. The Bertz CT molecular complexity index is 184. The third-order valence-electron chi connectivity index (χ3n) is 3.80. The van der Waals surface area contributed by atoms with E-state index in [2.05, 4.69) is 10.2 Å². The number of piperazine rings is 1. The molecule has 3 nitrogen and oxygen atoms in total. The number of ether oxygens (including phenoxy) is 1. The molecule has 0 bridgehead atoms. The highest BCUT2D eigenvalue weighted by Crippen LogP contribution is 2.25. The summed E-state index contributed by atoms with van der Waals surface area (Å²) in [7, 11) is 1.79. The lowest BCUT2D eigenvalue weighted by Gasteiger charge is -2.44. The second-order valence-electron chi connectivity index (χ2n) is 4.79. The summed E-state index contributed by atoms with van der Waals surface area (Å²) in [5.41, 5.74) is 0. The van der Waals surface area contributed by atoms with Crippen LogP contribution in [0.2, 0.25) is 0 Å². The van der Waals surface area contributed by atoms with E-state index in [1.54, 1.807) is 7.11 Å². The molecule has 1 saturated carbocycles. The average Bonchev–Trinajstić information content (AvgIpc) is 2.30. The molecular formula is C12H24N2O. The lowest BCUT2D eigenvalue weighted by Crippen LogP contribution is -2.59. The van der Waals surface area contributed by atoms with E-state index in [0.717, 1.165) is 18.7 Å². The minimum absolute atomic E-state index is 0.773. The van der Waals surface area contributed by atoms with E-state index in [1.165, 1.54) is 51.7 Å². The highest BCUT2D eigenvalue weighted by molar-refractivity contribution is 4.91. The fraction of sp³-hybridized carbons (Fsp3) is 1.00. The van der Waals surface area contributed by atoms with Gasteiger partial charge in [0.25, 0.3) is 0 Å². The minimum Gasteiger partial charge on any atom is -0.385 e. The molecule has 1 aliphatic heterocycles. The maximum Gasteiger partial charge on any atom is 0.0474 e. The quantitative estimate of drug-likeness (QED) is 0.710. The number of nitrogens with zero attached hydrogens (tertiary/aromatic N) is 1. The predicted molar refractivity (Wildman–Crippen MR) is 62.1 cm³/mol. The highest BCUT2D eigenvalue weighted by atomic mass is 16.5. The van der Waals surface area contributed by atoms with Gasteiger partial charge in [-0.15, -0.1) is 0 Å². The van der Waals surface area contributed by atoms with Gasteiger partial charge in [-0.3, -0.25) is 4.90 Å². The number of hydrogen-bond acceptors (Lipinski definition) is 3. The zero-order valence-corrected chi connectivity index (χ0v) is 9.87. The van der Waals surface area contributed by atoms with Crippen LogP contribution in [0, 0.1) is 0 Å². The van der Waals surface area contributed by atoms with Crippen molar-refractivity contribution in [3.63, 3.8) is 0 Å². The van der Waals surface area contributed by atoms with Crippen molar-refractivity contribution in [3.05, 3.63) is 0 Å². The number of methoxy groups -OCH3 is 1. The van der Waals surface area contributed by atoms with Crippen LogP contribution in [-0.2, 0) is 4.74 Å². The summed E-state index contributed by atoms with van der Waals surface area (Å²) in [5.74, 6) is 0. The molecule has 2 rings (SSSR count). The standard InChI is InChI=1S/C12H24N2O/c1-15-10-4-8-14-9-7-13-11-5-2-3-6-12(11)14/h11-13H,2-10H2,1H3/t11-,12-/m0/s1. The van der Waals surface area contributed by atoms with E-state index in [-0.39, 0.29) is 0 Å². The summed E-state index contributed by atoms with van der Waals surface area (Å²) < 4.78 is 5.13. The number of fused-ring (bicyclic) bond motifs is 1. The summed E-state index contributed by atoms with van der Waals surface area (Å²) in [6.45, 7) is 4.52. The van der Waals surface area contributed by atoms with Crippen LogP contribution in [0.15, 0.2) is 0 Å². The molecule has 2 atom stereocenters. The average molecular weight is 212 g/mol. The lowest BCUT2D eigenvalue weighted by atomic mass is 9.87. The van der Waals surface area contributed by atoms with E-state index >= 15 is 0 Å². The van der Waals surface area contributed by atoms with E-state index in [0.29, 0.717) is 0 Å². The fourth-order valence-corrected chi connectivity index (χ4v) is 3.04. The van der Waals surface area contributed by atoms with Crippen LogP contribution in [0.25, 0.3) is 0 Å². The van der Waals surface area contributed by atoms with Gasteiger partial charge in [0.15, 0.2) is 0 Å². The topological polar surface area (TPSA) is 24.5 Å². The summed E-state index contributed by atoms with van der Waals surface area (Å²) in [4.78, 5) is 2.68. The second-order valence-corrected chi connectivity index (χ2v) is 4.79. The second kappa shape index (κ2) is 5.83. The maximum atomic E-state index is 5.13. The van der Waals surface area contributed by atoms with Gasteiger partial charge >= 0.3 is 0 Å². The smallest absolute Gasteiger partial charge is 0.0474 e. The van der Waals surface area contributed by atoms with Gasteiger partial charge in [0, 0.05) is 45.4 Å². The molecule has 0 aromatic carbocycles. The molecule has 0 spiro atoms. The van der Waals surface area contributed by atoms with Gasteiger partial charge in [0.1, 0.15) is 0 Å². The van der Waals surface area contributed by atoms with Crippen molar-refractivity contribution in [1.82, 2.24) is 10.2 Å². The van der Waals surface area contributed by atoms with Crippen LogP contribution in [0.1, 0.15) is 32.1 Å².